The van der Waals surface area contributed by atoms with Gasteiger partial charge in [0.1, 0.15) is 11.3 Å². The lowest BCUT2D eigenvalue weighted by Crippen LogP contribution is -2.36. The van der Waals surface area contributed by atoms with Crippen LogP contribution in [0.25, 0.3) is 0 Å². The van der Waals surface area contributed by atoms with E-state index in [1.165, 1.54) is 27.4 Å². The van der Waals surface area contributed by atoms with Gasteiger partial charge < -0.3 is 29.0 Å². The van der Waals surface area contributed by atoms with Crippen molar-refractivity contribution in [1.29, 1.82) is 0 Å². The molecule has 1 atom stereocenters. The topological polar surface area (TPSA) is 94.5 Å². The molecular formula is C28H31NO7. The molecule has 0 spiro atoms. The summed E-state index contributed by atoms with van der Waals surface area (Å²) in [7, 11) is 4.60. The summed E-state index contributed by atoms with van der Waals surface area (Å²) < 4.78 is 22.1. The number of carbonyl (C=O) groups excluding carboxylic acids is 1. The number of aryl methyl sites for hydroxylation is 1. The Labute approximate surface area is 211 Å². The molecule has 0 bridgehead atoms. The van der Waals surface area contributed by atoms with Gasteiger partial charge >= 0.3 is 5.97 Å². The van der Waals surface area contributed by atoms with Crippen LogP contribution in [-0.2, 0) is 11.3 Å². The molecule has 3 aromatic carbocycles. The van der Waals surface area contributed by atoms with Gasteiger partial charge in [-0.15, -0.1) is 0 Å². The normalized spacial score (nSPS) is 11.4. The fourth-order valence-corrected chi connectivity index (χ4v) is 3.92. The third kappa shape index (κ3) is 6.07. The van der Waals surface area contributed by atoms with Crippen molar-refractivity contribution in [2.45, 2.75) is 26.4 Å². The number of methoxy groups -OCH3 is 3. The Bertz CT molecular complexity index is 1180. The van der Waals surface area contributed by atoms with E-state index in [1.807, 2.05) is 44.2 Å². The predicted octanol–water partition coefficient (Wildman–Crippen LogP) is 4.89. The molecule has 0 radical (unpaired) electrons. The van der Waals surface area contributed by atoms with Gasteiger partial charge in [-0.1, -0.05) is 36.4 Å². The summed E-state index contributed by atoms with van der Waals surface area (Å²) in [5.74, 6) is 0.141. The SMILES string of the molecule is COc1cc(CN(C(=O)COc2cc(C)ccc2C(=O)O)[C@@H](C)c2ccccc2)cc(OC)c1OC. The molecule has 0 fully saturated rings. The number of amides is 1. The van der Waals surface area contributed by atoms with Gasteiger partial charge in [0.25, 0.3) is 5.91 Å². The van der Waals surface area contributed by atoms with Crippen LogP contribution in [-0.4, -0.2) is 49.8 Å². The average molecular weight is 494 g/mol. The molecule has 0 aliphatic rings. The van der Waals surface area contributed by atoms with Crippen LogP contribution >= 0.6 is 0 Å². The molecule has 0 aromatic heterocycles. The summed E-state index contributed by atoms with van der Waals surface area (Å²) >= 11 is 0. The number of hydrogen-bond donors (Lipinski definition) is 1. The summed E-state index contributed by atoms with van der Waals surface area (Å²) in [5, 5.41) is 9.49. The predicted molar refractivity (Wildman–Crippen MR) is 135 cm³/mol. The Hall–Kier alpha value is -4.20. The first-order chi connectivity index (χ1) is 17.3. The van der Waals surface area contributed by atoms with Crippen LogP contribution < -0.4 is 18.9 Å². The maximum atomic E-state index is 13.5. The van der Waals surface area contributed by atoms with E-state index in [2.05, 4.69) is 0 Å². The first-order valence-electron chi connectivity index (χ1n) is 11.4. The van der Waals surface area contributed by atoms with Crippen molar-refractivity contribution in [3.8, 4) is 23.0 Å². The van der Waals surface area contributed by atoms with Crippen LogP contribution in [0.3, 0.4) is 0 Å². The summed E-state index contributed by atoms with van der Waals surface area (Å²) in [6.45, 7) is 3.66. The molecule has 3 rings (SSSR count). The third-order valence-electron chi connectivity index (χ3n) is 5.87. The largest absolute Gasteiger partial charge is 0.493 e. The molecule has 1 N–H and O–H groups in total. The van der Waals surface area contributed by atoms with E-state index in [9.17, 15) is 14.7 Å². The summed E-state index contributed by atoms with van der Waals surface area (Å²) in [5.41, 5.74) is 2.54. The molecule has 0 saturated carbocycles. The van der Waals surface area contributed by atoms with Gasteiger partial charge in [0, 0.05) is 6.54 Å². The molecule has 0 aliphatic carbocycles. The zero-order chi connectivity index (χ0) is 26.2. The number of carboxylic acid groups (broad SMARTS) is 1. The quantitative estimate of drug-likeness (QED) is 0.406. The zero-order valence-corrected chi connectivity index (χ0v) is 21.1. The van der Waals surface area contributed by atoms with Crippen LogP contribution in [0, 0.1) is 6.92 Å². The number of carbonyl (C=O) groups is 2. The maximum absolute atomic E-state index is 13.5. The first kappa shape index (κ1) is 26.4. The number of nitrogens with zero attached hydrogens (tertiary/aromatic N) is 1. The number of hydrogen-bond acceptors (Lipinski definition) is 6. The van der Waals surface area contributed by atoms with Gasteiger partial charge in [-0.25, -0.2) is 4.79 Å². The lowest BCUT2D eigenvalue weighted by atomic mass is 10.1. The van der Waals surface area contributed by atoms with Crippen molar-refractivity contribution in [3.63, 3.8) is 0 Å². The molecule has 0 aliphatic heterocycles. The molecule has 0 saturated heterocycles. The van der Waals surface area contributed by atoms with Crippen LogP contribution in [0.4, 0.5) is 0 Å². The van der Waals surface area contributed by atoms with E-state index < -0.39 is 5.97 Å². The molecule has 36 heavy (non-hydrogen) atoms. The Kier molecular flexibility index (Phi) is 8.78. The lowest BCUT2D eigenvalue weighted by molar-refractivity contribution is -0.136. The molecule has 0 heterocycles. The molecule has 3 aromatic rings. The first-order valence-corrected chi connectivity index (χ1v) is 11.4. The van der Waals surface area contributed by atoms with Gasteiger partial charge in [0.15, 0.2) is 18.1 Å². The Morgan fingerprint density at radius 1 is 0.889 bits per heavy atom. The molecule has 0 unspecified atom stereocenters. The lowest BCUT2D eigenvalue weighted by Gasteiger charge is -2.30. The van der Waals surface area contributed by atoms with Crippen LogP contribution in [0.5, 0.6) is 23.0 Å². The smallest absolute Gasteiger partial charge is 0.339 e. The standard InChI is InChI=1S/C28H31NO7/c1-18-11-12-22(28(31)32)23(13-18)36-17-26(30)29(19(2)21-9-7-6-8-10-21)16-20-14-24(33-3)27(35-5)25(15-20)34-4/h6-15,19H,16-17H2,1-5H3,(H,31,32)/t19-/m0/s1. The van der Waals surface area contributed by atoms with E-state index in [-0.39, 0.29) is 36.4 Å². The van der Waals surface area contributed by atoms with E-state index in [0.29, 0.717) is 17.2 Å². The zero-order valence-electron chi connectivity index (χ0n) is 21.1. The number of benzene rings is 3. The Balaban J connectivity index is 1.93. The highest BCUT2D eigenvalue weighted by Crippen LogP contribution is 2.39. The van der Waals surface area contributed by atoms with Crippen LogP contribution in [0.1, 0.15) is 40.0 Å². The van der Waals surface area contributed by atoms with Crippen molar-refractivity contribution in [3.05, 3.63) is 82.9 Å². The maximum Gasteiger partial charge on any atom is 0.339 e. The number of carboxylic acids is 1. The number of rotatable bonds is 11. The monoisotopic (exact) mass is 493 g/mol. The van der Waals surface area contributed by atoms with Crippen molar-refractivity contribution in [2.24, 2.45) is 0 Å². The summed E-state index contributed by atoms with van der Waals surface area (Å²) in [4.78, 5) is 26.8. The summed E-state index contributed by atoms with van der Waals surface area (Å²) in [6, 6.07) is 17.7. The van der Waals surface area contributed by atoms with E-state index in [4.69, 9.17) is 18.9 Å². The van der Waals surface area contributed by atoms with Gasteiger partial charge in [-0.3, -0.25) is 4.79 Å². The highest BCUT2D eigenvalue weighted by molar-refractivity contribution is 5.91. The molecule has 8 nitrogen and oxygen atoms in total. The number of ether oxygens (including phenoxy) is 4. The van der Waals surface area contributed by atoms with Crippen LogP contribution in [0.15, 0.2) is 60.7 Å². The Morgan fingerprint density at radius 2 is 1.53 bits per heavy atom. The van der Waals surface area contributed by atoms with Gasteiger partial charge in [0.2, 0.25) is 5.75 Å². The van der Waals surface area contributed by atoms with Gasteiger partial charge in [0.05, 0.1) is 27.4 Å². The highest BCUT2D eigenvalue weighted by atomic mass is 16.5. The minimum Gasteiger partial charge on any atom is -0.493 e. The molecule has 8 heteroatoms. The van der Waals surface area contributed by atoms with E-state index >= 15 is 0 Å². The fourth-order valence-electron chi connectivity index (χ4n) is 3.92. The number of aromatic carboxylic acids is 1. The van der Waals surface area contributed by atoms with E-state index in [0.717, 1.165) is 16.7 Å². The Morgan fingerprint density at radius 3 is 2.08 bits per heavy atom. The minimum absolute atomic E-state index is 0.000634. The van der Waals surface area contributed by atoms with Crippen molar-refractivity contribution in [2.75, 3.05) is 27.9 Å². The van der Waals surface area contributed by atoms with Gasteiger partial charge in [-0.05, 0) is 54.8 Å². The third-order valence-corrected chi connectivity index (χ3v) is 5.87. The second-order valence-corrected chi connectivity index (χ2v) is 8.24. The van der Waals surface area contributed by atoms with Crippen molar-refractivity contribution in [1.82, 2.24) is 4.90 Å². The van der Waals surface area contributed by atoms with E-state index in [1.54, 1.807) is 29.2 Å². The fraction of sp³-hybridized carbons (Fsp3) is 0.286. The molecule has 1 amide bonds. The van der Waals surface area contributed by atoms with Crippen molar-refractivity contribution < 1.29 is 33.6 Å². The highest BCUT2D eigenvalue weighted by Gasteiger charge is 2.25. The average Bonchev–Trinajstić information content (AvgIpc) is 2.89. The molecule has 190 valence electrons. The molecular weight excluding hydrogens is 462 g/mol. The van der Waals surface area contributed by atoms with Gasteiger partial charge in [-0.2, -0.15) is 0 Å². The van der Waals surface area contributed by atoms with Crippen LogP contribution in [0.2, 0.25) is 0 Å². The second-order valence-electron chi connectivity index (χ2n) is 8.24. The minimum atomic E-state index is -1.12. The van der Waals surface area contributed by atoms with Crippen molar-refractivity contribution >= 4 is 11.9 Å². The second kappa shape index (κ2) is 12.0. The summed E-state index contributed by atoms with van der Waals surface area (Å²) in [6.07, 6.45) is 0.